The summed E-state index contributed by atoms with van der Waals surface area (Å²) in [5, 5.41) is 2.87. The number of rotatable bonds is 4. The zero-order valence-corrected chi connectivity index (χ0v) is 15.7. The number of fused-ring (bicyclic) bond motifs is 1. The van der Waals surface area contributed by atoms with Crippen LogP contribution in [0.1, 0.15) is 30.6 Å². The van der Waals surface area contributed by atoms with E-state index in [1.54, 1.807) is 42.2 Å². The minimum absolute atomic E-state index is 0.0650. The van der Waals surface area contributed by atoms with E-state index in [2.05, 4.69) is 21.2 Å². The molecule has 0 saturated carbocycles. The molecule has 0 aliphatic carbocycles. The van der Waals surface area contributed by atoms with E-state index in [0.29, 0.717) is 29.2 Å². The molecule has 5 nitrogen and oxygen atoms in total. The van der Waals surface area contributed by atoms with Crippen LogP contribution < -0.4 is 15.0 Å². The molecular formula is C19H19BrN2O3. The highest BCUT2D eigenvalue weighted by Gasteiger charge is 2.31. The molecule has 2 aromatic rings. The lowest BCUT2D eigenvalue weighted by Gasteiger charge is -2.33. The highest BCUT2D eigenvalue weighted by molar-refractivity contribution is 9.10. The van der Waals surface area contributed by atoms with Crippen molar-refractivity contribution in [1.82, 2.24) is 0 Å². The maximum absolute atomic E-state index is 12.4. The Bertz CT molecular complexity index is 822. The fourth-order valence-electron chi connectivity index (χ4n) is 2.77. The van der Waals surface area contributed by atoms with Crippen molar-refractivity contribution in [3.63, 3.8) is 0 Å². The van der Waals surface area contributed by atoms with Gasteiger partial charge in [0.05, 0.1) is 5.69 Å². The monoisotopic (exact) mass is 402 g/mol. The second-order valence-electron chi connectivity index (χ2n) is 5.90. The second-order valence-corrected chi connectivity index (χ2v) is 6.81. The number of carbonyl (C=O) groups excluding carboxylic acids is 2. The fraction of sp³-hybridized carbons (Fsp3) is 0.263. The lowest BCUT2D eigenvalue weighted by atomic mass is 10.1. The van der Waals surface area contributed by atoms with Crippen molar-refractivity contribution in [3.8, 4) is 5.75 Å². The maximum atomic E-state index is 12.4. The summed E-state index contributed by atoms with van der Waals surface area (Å²) in [6.07, 6.45) is 0.341. The van der Waals surface area contributed by atoms with Crippen LogP contribution in [0, 0.1) is 0 Å². The number of amides is 2. The van der Waals surface area contributed by atoms with Gasteiger partial charge in [-0.05, 0) is 49.7 Å². The van der Waals surface area contributed by atoms with Crippen LogP contribution in [0.3, 0.4) is 0 Å². The third kappa shape index (κ3) is 3.69. The number of hydrogen-bond acceptors (Lipinski definition) is 3. The first-order valence-electron chi connectivity index (χ1n) is 8.18. The highest BCUT2D eigenvalue weighted by atomic mass is 79.9. The van der Waals surface area contributed by atoms with Crippen molar-refractivity contribution in [1.29, 1.82) is 0 Å². The molecule has 0 saturated heterocycles. The third-order valence-electron chi connectivity index (χ3n) is 3.96. The molecule has 1 heterocycles. The summed E-state index contributed by atoms with van der Waals surface area (Å²) in [6, 6.07) is 12.5. The minimum atomic E-state index is -0.499. The molecule has 0 fully saturated rings. The van der Waals surface area contributed by atoms with Crippen molar-refractivity contribution in [2.24, 2.45) is 0 Å². The van der Waals surface area contributed by atoms with Crippen LogP contribution in [0.25, 0.3) is 0 Å². The van der Waals surface area contributed by atoms with Crippen molar-refractivity contribution in [3.05, 3.63) is 52.5 Å². The number of halogens is 1. The molecule has 25 heavy (non-hydrogen) atoms. The maximum Gasteiger partial charge on any atom is 0.267 e. The van der Waals surface area contributed by atoms with Gasteiger partial charge in [-0.2, -0.15) is 0 Å². The van der Waals surface area contributed by atoms with Gasteiger partial charge in [0.15, 0.2) is 6.10 Å². The van der Waals surface area contributed by atoms with E-state index in [9.17, 15) is 9.59 Å². The molecule has 3 rings (SSSR count). The molecule has 0 spiro atoms. The van der Waals surface area contributed by atoms with Gasteiger partial charge >= 0.3 is 0 Å². The fourth-order valence-corrected chi connectivity index (χ4v) is 3.17. The second kappa shape index (κ2) is 7.27. The summed E-state index contributed by atoms with van der Waals surface area (Å²) < 4.78 is 6.51. The summed E-state index contributed by atoms with van der Waals surface area (Å²) in [7, 11) is 0. The van der Waals surface area contributed by atoms with Crippen molar-refractivity contribution < 1.29 is 14.3 Å². The number of benzene rings is 2. The summed E-state index contributed by atoms with van der Waals surface area (Å²) in [5.41, 5.74) is 1.87. The number of nitrogens with zero attached hydrogens (tertiary/aromatic N) is 1. The Morgan fingerprint density at radius 3 is 2.80 bits per heavy atom. The Labute approximate surface area is 155 Å². The number of carbonyl (C=O) groups is 2. The lowest BCUT2D eigenvalue weighted by molar-refractivity contribution is -0.125. The van der Waals surface area contributed by atoms with Crippen LogP contribution in [0.2, 0.25) is 0 Å². The van der Waals surface area contributed by atoms with Crippen LogP contribution in [0.15, 0.2) is 46.9 Å². The quantitative estimate of drug-likeness (QED) is 0.832. The number of nitrogens with one attached hydrogen (secondary N) is 1. The summed E-state index contributed by atoms with van der Waals surface area (Å²) >= 11 is 3.36. The van der Waals surface area contributed by atoms with Gasteiger partial charge in [0.25, 0.3) is 11.8 Å². The lowest BCUT2D eigenvalue weighted by Crippen LogP contribution is -2.44. The first-order valence-corrected chi connectivity index (χ1v) is 8.98. The molecule has 1 N–H and O–H groups in total. The van der Waals surface area contributed by atoms with Gasteiger partial charge < -0.3 is 15.0 Å². The smallest absolute Gasteiger partial charge is 0.267 e. The third-order valence-corrected chi connectivity index (χ3v) is 4.45. The van der Waals surface area contributed by atoms with Crippen LogP contribution in [-0.2, 0) is 4.79 Å². The Kier molecular flexibility index (Phi) is 5.08. The van der Waals surface area contributed by atoms with Crippen LogP contribution in [-0.4, -0.2) is 24.5 Å². The minimum Gasteiger partial charge on any atom is -0.479 e. The normalized spacial score (nSPS) is 16.2. The zero-order chi connectivity index (χ0) is 18.0. The summed E-state index contributed by atoms with van der Waals surface area (Å²) in [5.74, 6) is 0.380. The van der Waals surface area contributed by atoms with E-state index in [4.69, 9.17) is 4.74 Å². The highest BCUT2D eigenvalue weighted by Crippen LogP contribution is 2.36. The van der Waals surface area contributed by atoms with Gasteiger partial charge in [0.2, 0.25) is 0 Å². The molecule has 2 amide bonds. The van der Waals surface area contributed by atoms with E-state index in [1.165, 1.54) is 0 Å². The largest absolute Gasteiger partial charge is 0.479 e. The summed E-state index contributed by atoms with van der Waals surface area (Å²) in [4.78, 5) is 26.5. The van der Waals surface area contributed by atoms with E-state index in [0.717, 1.165) is 10.9 Å². The van der Waals surface area contributed by atoms with Gasteiger partial charge in [-0.25, -0.2) is 0 Å². The molecule has 6 heteroatoms. The van der Waals surface area contributed by atoms with Crippen molar-refractivity contribution in [2.45, 2.75) is 26.4 Å². The van der Waals surface area contributed by atoms with Gasteiger partial charge in [0.1, 0.15) is 5.75 Å². The molecule has 0 radical (unpaired) electrons. The number of ether oxygens (including phenoxy) is 1. The number of anilines is 2. The Hall–Kier alpha value is -2.34. The molecule has 2 aromatic carbocycles. The van der Waals surface area contributed by atoms with E-state index >= 15 is 0 Å². The number of hydrogen-bond donors (Lipinski definition) is 1. The first kappa shape index (κ1) is 17.5. The topological polar surface area (TPSA) is 58.6 Å². The Morgan fingerprint density at radius 2 is 2.08 bits per heavy atom. The molecular weight excluding hydrogens is 384 g/mol. The van der Waals surface area contributed by atoms with E-state index in [-0.39, 0.29) is 11.8 Å². The van der Waals surface area contributed by atoms with Gasteiger partial charge in [-0.3, -0.25) is 9.59 Å². The molecule has 0 bridgehead atoms. The van der Waals surface area contributed by atoms with E-state index < -0.39 is 6.10 Å². The SMILES string of the molecule is CCCN1C(=O)C(C)Oc2ccc(NC(=O)c3cccc(Br)c3)cc21. The molecule has 1 aliphatic rings. The average molecular weight is 403 g/mol. The predicted octanol–water partition coefficient (Wildman–Crippen LogP) is 4.23. The van der Waals surface area contributed by atoms with Crippen molar-refractivity contribution >= 4 is 39.1 Å². The average Bonchev–Trinajstić information content (AvgIpc) is 2.59. The van der Waals surface area contributed by atoms with Crippen LogP contribution in [0.5, 0.6) is 5.75 Å². The Balaban J connectivity index is 1.87. The molecule has 0 aromatic heterocycles. The molecule has 130 valence electrons. The van der Waals surface area contributed by atoms with Crippen molar-refractivity contribution in [2.75, 3.05) is 16.8 Å². The van der Waals surface area contributed by atoms with Gasteiger partial charge in [-0.1, -0.05) is 28.9 Å². The van der Waals surface area contributed by atoms with Crippen LogP contribution >= 0.6 is 15.9 Å². The molecule has 1 atom stereocenters. The van der Waals surface area contributed by atoms with Gasteiger partial charge in [-0.15, -0.1) is 0 Å². The summed E-state index contributed by atoms with van der Waals surface area (Å²) in [6.45, 7) is 4.38. The van der Waals surface area contributed by atoms with E-state index in [1.807, 2.05) is 19.1 Å². The predicted molar refractivity (Wildman–Crippen MR) is 101 cm³/mol. The van der Waals surface area contributed by atoms with Gasteiger partial charge in [0, 0.05) is 22.3 Å². The molecule has 1 aliphatic heterocycles. The first-order chi connectivity index (χ1) is 12.0. The zero-order valence-electron chi connectivity index (χ0n) is 14.1. The van der Waals surface area contributed by atoms with Crippen LogP contribution in [0.4, 0.5) is 11.4 Å². The standard InChI is InChI=1S/C19H19BrN2O3/c1-3-9-22-16-11-15(7-8-17(16)25-12(2)19(22)24)21-18(23)13-5-4-6-14(20)10-13/h4-8,10-12H,3,9H2,1-2H3,(H,21,23). The molecule has 1 unspecified atom stereocenters. The Morgan fingerprint density at radius 1 is 1.28 bits per heavy atom.